The summed E-state index contributed by atoms with van der Waals surface area (Å²) in [6, 6.07) is 5.88. The molecule has 0 unspecified atom stereocenters. The van der Waals surface area contributed by atoms with Crippen molar-refractivity contribution in [2.24, 2.45) is 4.99 Å². The monoisotopic (exact) mass is 308 g/mol. The van der Waals surface area contributed by atoms with Gasteiger partial charge in [0.05, 0.1) is 15.9 Å². The van der Waals surface area contributed by atoms with E-state index in [-0.39, 0.29) is 0 Å². The molecular weight excluding hydrogens is 296 g/mol. The number of nitriles is 1. The van der Waals surface area contributed by atoms with Crippen LogP contribution < -0.4 is 5.32 Å². The predicted octanol–water partition coefficient (Wildman–Crippen LogP) is 3.83. The fourth-order valence-corrected chi connectivity index (χ4v) is 3.78. The molecule has 0 atom stereocenters. The molecule has 19 heavy (non-hydrogen) atoms. The highest BCUT2D eigenvalue weighted by Crippen LogP contribution is 2.31. The van der Waals surface area contributed by atoms with Crippen molar-refractivity contribution in [1.29, 1.82) is 5.26 Å². The van der Waals surface area contributed by atoms with Crippen molar-refractivity contribution in [2.75, 3.05) is 12.0 Å². The van der Waals surface area contributed by atoms with Crippen molar-refractivity contribution in [1.82, 2.24) is 10.3 Å². The van der Waals surface area contributed by atoms with Gasteiger partial charge in [-0.3, -0.25) is 5.32 Å². The van der Waals surface area contributed by atoms with Crippen LogP contribution in [0.25, 0.3) is 10.2 Å². The molecule has 0 bridgehead atoms. The van der Waals surface area contributed by atoms with E-state index < -0.39 is 0 Å². The Labute approximate surface area is 124 Å². The lowest BCUT2D eigenvalue weighted by atomic mass is 10.3. The van der Waals surface area contributed by atoms with Gasteiger partial charge >= 0.3 is 0 Å². The molecule has 4 nitrogen and oxygen atoms in total. The fraction of sp³-hybridized carbons (Fsp3) is 0.250. The standard InChI is InChI=1S/C12H12N4S3/c1-3-18-12-16-9-5-4-8(6-10(9)19-12)15-11(17-2)14-7-13/h4-6H,3H2,1-2H3,(H,14,15). The number of nitrogens with one attached hydrogen (secondary N) is 1. The van der Waals surface area contributed by atoms with Crippen LogP contribution in [0.3, 0.4) is 0 Å². The summed E-state index contributed by atoms with van der Waals surface area (Å²) < 4.78 is 2.20. The fourth-order valence-electron chi connectivity index (χ4n) is 1.44. The quantitative estimate of drug-likeness (QED) is 0.307. The van der Waals surface area contributed by atoms with E-state index in [1.807, 2.05) is 30.6 Å². The Kier molecular flexibility index (Phi) is 5.07. The minimum absolute atomic E-state index is 0.592. The Bertz CT molecular complexity index is 642. The first kappa shape index (κ1) is 14.2. The molecule has 0 aliphatic heterocycles. The number of benzene rings is 1. The molecule has 0 aliphatic rings. The van der Waals surface area contributed by atoms with Gasteiger partial charge in [0.15, 0.2) is 15.7 Å². The molecule has 1 N–H and O–H groups in total. The SMILES string of the molecule is CCSc1nc2ccc(N=C(NC#N)SC)cc2s1. The molecule has 98 valence electrons. The number of thiazole rings is 1. The van der Waals surface area contributed by atoms with Gasteiger partial charge in [-0.05, 0) is 30.2 Å². The molecule has 2 aromatic rings. The van der Waals surface area contributed by atoms with Crippen LogP contribution in [0.4, 0.5) is 5.69 Å². The molecule has 0 saturated carbocycles. The largest absolute Gasteiger partial charge is 0.271 e. The predicted molar refractivity (Wildman–Crippen MR) is 85.4 cm³/mol. The van der Waals surface area contributed by atoms with Crippen LogP contribution in [0.2, 0.25) is 0 Å². The maximum Gasteiger partial charge on any atom is 0.183 e. The van der Waals surface area contributed by atoms with Crippen molar-refractivity contribution < 1.29 is 0 Å². The number of fused-ring (bicyclic) bond motifs is 1. The number of hydrogen-bond donors (Lipinski definition) is 1. The van der Waals surface area contributed by atoms with E-state index in [0.717, 1.165) is 26.0 Å². The molecule has 0 radical (unpaired) electrons. The summed E-state index contributed by atoms with van der Waals surface area (Å²) in [5, 5.41) is 11.8. The minimum atomic E-state index is 0.592. The van der Waals surface area contributed by atoms with E-state index in [9.17, 15) is 0 Å². The van der Waals surface area contributed by atoms with Gasteiger partial charge in [-0.2, -0.15) is 5.26 Å². The number of thioether (sulfide) groups is 2. The van der Waals surface area contributed by atoms with E-state index in [1.165, 1.54) is 11.8 Å². The number of nitrogens with zero attached hydrogens (tertiary/aromatic N) is 3. The highest BCUT2D eigenvalue weighted by Gasteiger charge is 2.05. The molecular formula is C12H12N4S3. The van der Waals surface area contributed by atoms with E-state index in [2.05, 4.69) is 22.2 Å². The van der Waals surface area contributed by atoms with Crippen LogP contribution in [0.15, 0.2) is 27.5 Å². The first-order valence-electron chi connectivity index (χ1n) is 5.58. The van der Waals surface area contributed by atoms with Crippen LogP contribution in [-0.4, -0.2) is 22.2 Å². The summed E-state index contributed by atoms with van der Waals surface area (Å²) in [5.41, 5.74) is 1.83. The zero-order chi connectivity index (χ0) is 13.7. The molecule has 0 saturated heterocycles. The van der Waals surface area contributed by atoms with Crippen LogP contribution in [0, 0.1) is 11.5 Å². The van der Waals surface area contributed by atoms with Gasteiger partial charge in [-0.15, -0.1) is 11.3 Å². The van der Waals surface area contributed by atoms with Gasteiger partial charge < -0.3 is 0 Å². The third-order valence-electron chi connectivity index (χ3n) is 2.21. The van der Waals surface area contributed by atoms with Crippen LogP contribution in [-0.2, 0) is 0 Å². The van der Waals surface area contributed by atoms with Crippen LogP contribution >= 0.6 is 34.9 Å². The Balaban J connectivity index is 2.33. The first-order valence-corrected chi connectivity index (χ1v) is 8.60. The van der Waals surface area contributed by atoms with Crippen LogP contribution in [0.1, 0.15) is 6.92 Å². The van der Waals surface area contributed by atoms with Gasteiger partial charge in [-0.25, -0.2) is 9.98 Å². The molecule has 1 heterocycles. The topological polar surface area (TPSA) is 61.1 Å². The van der Waals surface area contributed by atoms with Crippen molar-refractivity contribution >= 4 is 55.9 Å². The van der Waals surface area contributed by atoms with Crippen LogP contribution in [0.5, 0.6) is 0 Å². The summed E-state index contributed by atoms with van der Waals surface area (Å²) in [7, 11) is 0. The third kappa shape index (κ3) is 3.62. The second-order valence-corrected chi connectivity index (χ2v) is 6.76. The number of rotatable bonds is 3. The average Bonchev–Trinajstić information content (AvgIpc) is 2.80. The molecule has 0 spiro atoms. The summed E-state index contributed by atoms with van der Waals surface area (Å²) >= 11 is 4.83. The summed E-state index contributed by atoms with van der Waals surface area (Å²) in [6.45, 7) is 2.12. The number of amidine groups is 1. The molecule has 0 amide bonds. The number of hydrogen-bond acceptors (Lipinski definition) is 6. The van der Waals surface area contributed by atoms with Gasteiger partial charge in [0.1, 0.15) is 0 Å². The van der Waals surface area contributed by atoms with Crippen molar-refractivity contribution in [3.63, 3.8) is 0 Å². The van der Waals surface area contributed by atoms with E-state index in [1.54, 1.807) is 23.1 Å². The molecule has 0 aliphatic carbocycles. The third-order valence-corrected chi connectivity index (χ3v) is 4.83. The van der Waals surface area contributed by atoms with Gasteiger partial charge in [0, 0.05) is 0 Å². The summed E-state index contributed by atoms with van der Waals surface area (Å²) in [4.78, 5) is 8.93. The number of aliphatic imine (C=N–C) groups is 1. The Morgan fingerprint density at radius 1 is 1.58 bits per heavy atom. The number of aromatic nitrogens is 1. The molecule has 1 aromatic heterocycles. The van der Waals surface area contributed by atoms with Gasteiger partial charge in [0.25, 0.3) is 0 Å². The maximum atomic E-state index is 8.61. The van der Waals surface area contributed by atoms with Gasteiger partial charge in [-0.1, -0.05) is 30.4 Å². The Hall–Kier alpha value is -1.23. The zero-order valence-corrected chi connectivity index (χ0v) is 13.0. The van der Waals surface area contributed by atoms with Crippen molar-refractivity contribution in [3.05, 3.63) is 18.2 Å². The molecule has 1 aromatic carbocycles. The van der Waals surface area contributed by atoms with E-state index >= 15 is 0 Å². The Morgan fingerprint density at radius 2 is 2.42 bits per heavy atom. The highest BCUT2D eigenvalue weighted by atomic mass is 32.2. The smallest absolute Gasteiger partial charge is 0.183 e. The first-order chi connectivity index (χ1) is 9.26. The lowest BCUT2D eigenvalue weighted by molar-refractivity contribution is 1.28. The molecule has 2 rings (SSSR count). The van der Waals surface area contributed by atoms with Crippen molar-refractivity contribution in [2.45, 2.75) is 11.3 Å². The zero-order valence-electron chi connectivity index (χ0n) is 10.5. The second kappa shape index (κ2) is 6.80. The summed E-state index contributed by atoms with van der Waals surface area (Å²) in [6.07, 6.45) is 3.76. The lowest BCUT2D eigenvalue weighted by Gasteiger charge is -1.99. The second-order valence-electron chi connectivity index (χ2n) is 3.42. The highest BCUT2D eigenvalue weighted by molar-refractivity contribution is 8.13. The van der Waals surface area contributed by atoms with E-state index in [0.29, 0.717) is 5.17 Å². The lowest BCUT2D eigenvalue weighted by Crippen LogP contribution is -2.12. The summed E-state index contributed by atoms with van der Waals surface area (Å²) in [5.74, 6) is 1.02. The van der Waals surface area contributed by atoms with Crippen molar-refractivity contribution in [3.8, 4) is 6.19 Å². The average molecular weight is 308 g/mol. The van der Waals surface area contributed by atoms with E-state index in [4.69, 9.17) is 5.26 Å². The maximum absolute atomic E-state index is 8.61. The Morgan fingerprint density at radius 3 is 3.11 bits per heavy atom. The minimum Gasteiger partial charge on any atom is -0.271 e. The van der Waals surface area contributed by atoms with Gasteiger partial charge in [0.2, 0.25) is 0 Å². The molecule has 7 heteroatoms. The normalized spacial score (nSPS) is 11.5. The molecule has 0 fully saturated rings.